The quantitative estimate of drug-likeness (QED) is 0.860. The maximum atomic E-state index is 12.9. The molecule has 3 heteroatoms. The van der Waals surface area contributed by atoms with Crippen LogP contribution in [0.25, 0.3) is 0 Å². The Morgan fingerprint density at radius 3 is 2.94 bits per heavy atom. The first kappa shape index (κ1) is 12.5. The highest BCUT2D eigenvalue weighted by atomic mass is 19.1. The topological polar surface area (TPSA) is 15.3 Å². The van der Waals surface area contributed by atoms with Gasteiger partial charge in [0.05, 0.1) is 0 Å². The number of aryl methyl sites for hydroxylation is 1. The molecular formula is C14H21FN2. The lowest BCUT2D eigenvalue weighted by Crippen LogP contribution is -2.33. The van der Waals surface area contributed by atoms with Crippen molar-refractivity contribution in [3.63, 3.8) is 0 Å². The van der Waals surface area contributed by atoms with Gasteiger partial charge in [-0.3, -0.25) is 0 Å². The summed E-state index contributed by atoms with van der Waals surface area (Å²) in [5, 5.41) is 3.57. The van der Waals surface area contributed by atoms with Gasteiger partial charge in [0.1, 0.15) is 5.82 Å². The summed E-state index contributed by atoms with van der Waals surface area (Å²) in [4.78, 5) is 2.35. The highest BCUT2D eigenvalue weighted by molar-refractivity contribution is 5.26. The second kappa shape index (κ2) is 5.61. The van der Waals surface area contributed by atoms with Gasteiger partial charge in [-0.05, 0) is 63.2 Å². The average molecular weight is 236 g/mol. The molecule has 1 atom stereocenters. The molecule has 0 saturated carbocycles. The zero-order valence-corrected chi connectivity index (χ0v) is 10.7. The molecule has 0 bridgehead atoms. The Hall–Kier alpha value is -0.930. The Morgan fingerprint density at radius 1 is 1.47 bits per heavy atom. The molecule has 1 fully saturated rings. The van der Waals surface area contributed by atoms with Crippen molar-refractivity contribution >= 4 is 0 Å². The van der Waals surface area contributed by atoms with Gasteiger partial charge in [-0.15, -0.1) is 0 Å². The number of hydrogen-bond acceptors (Lipinski definition) is 2. The lowest BCUT2D eigenvalue weighted by Gasteiger charge is -2.13. The van der Waals surface area contributed by atoms with Crippen molar-refractivity contribution in [1.29, 1.82) is 0 Å². The summed E-state index contributed by atoms with van der Waals surface area (Å²) in [7, 11) is 2.16. The van der Waals surface area contributed by atoms with Crippen LogP contribution < -0.4 is 5.32 Å². The SMILES string of the molecule is Cc1cc(F)ccc1CCNC1CCN(C)C1. The van der Waals surface area contributed by atoms with Crippen LogP contribution in [0.15, 0.2) is 18.2 Å². The molecule has 0 aliphatic carbocycles. The molecule has 1 N–H and O–H groups in total. The first-order chi connectivity index (χ1) is 8.15. The van der Waals surface area contributed by atoms with E-state index in [1.54, 1.807) is 12.1 Å². The van der Waals surface area contributed by atoms with Crippen LogP contribution in [-0.4, -0.2) is 37.6 Å². The van der Waals surface area contributed by atoms with E-state index in [9.17, 15) is 4.39 Å². The third-order valence-corrected chi connectivity index (χ3v) is 3.52. The summed E-state index contributed by atoms with van der Waals surface area (Å²) in [5.74, 6) is -0.142. The average Bonchev–Trinajstić information content (AvgIpc) is 2.68. The highest BCUT2D eigenvalue weighted by Gasteiger charge is 2.18. The maximum Gasteiger partial charge on any atom is 0.123 e. The molecule has 1 aromatic rings. The summed E-state index contributed by atoms with van der Waals surface area (Å²) in [6.07, 6.45) is 2.21. The molecule has 1 unspecified atom stereocenters. The van der Waals surface area contributed by atoms with Crippen molar-refractivity contribution in [3.8, 4) is 0 Å². The minimum atomic E-state index is -0.142. The second-order valence-electron chi connectivity index (χ2n) is 5.02. The molecular weight excluding hydrogens is 215 g/mol. The fourth-order valence-electron chi connectivity index (χ4n) is 2.45. The minimum Gasteiger partial charge on any atom is -0.312 e. The third kappa shape index (κ3) is 3.51. The molecule has 1 saturated heterocycles. The molecule has 94 valence electrons. The van der Waals surface area contributed by atoms with Crippen molar-refractivity contribution in [1.82, 2.24) is 10.2 Å². The van der Waals surface area contributed by atoms with Gasteiger partial charge in [0.25, 0.3) is 0 Å². The predicted octanol–water partition coefficient (Wildman–Crippen LogP) is 1.97. The van der Waals surface area contributed by atoms with Gasteiger partial charge in [-0.1, -0.05) is 6.07 Å². The van der Waals surface area contributed by atoms with E-state index in [2.05, 4.69) is 17.3 Å². The number of halogens is 1. The molecule has 1 aromatic carbocycles. The van der Waals surface area contributed by atoms with Gasteiger partial charge in [0.2, 0.25) is 0 Å². The Morgan fingerprint density at radius 2 is 2.29 bits per heavy atom. The highest BCUT2D eigenvalue weighted by Crippen LogP contribution is 2.11. The molecule has 2 rings (SSSR count). The second-order valence-corrected chi connectivity index (χ2v) is 5.02. The lowest BCUT2D eigenvalue weighted by atomic mass is 10.1. The summed E-state index contributed by atoms with van der Waals surface area (Å²) in [6, 6.07) is 5.68. The van der Waals surface area contributed by atoms with E-state index in [1.165, 1.54) is 18.5 Å². The fourth-order valence-corrected chi connectivity index (χ4v) is 2.45. The van der Waals surface area contributed by atoms with Crippen molar-refractivity contribution in [2.75, 3.05) is 26.7 Å². The lowest BCUT2D eigenvalue weighted by molar-refractivity contribution is 0.398. The van der Waals surface area contributed by atoms with Crippen molar-refractivity contribution < 1.29 is 4.39 Å². The Balaban J connectivity index is 1.78. The number of likely N-dealkylation sites (tertiary alicyclic amines) is 1. The number of likely N-dealkylation sites (N-methyl/N-ethyl adjacent to an activating group) is 1. The molecule has 2 nitrogen and oxygen atoms in total. The van der Waals surface area contributed by atoms with Gasteiger partial charge in [-0.25, -0.2) is 4.39 Å². The van der Waals surface area contributed by atoms with Gasteiger partial charge < -0.3 is 10.2 Å². The summed E-state index contributed by atoms with van der Waals surface area (Å²) in [5.41, 5.74) is 2.29. The summed E-state index contributed by atoms with van der Waals surface area (Å²) < 4.78 is 12.9. The monoisotopic (exact) mass is 236 g/mol. The van der Waals surface area contributed by atoms with Crippen LogP contribution in [0.5, 0.6) is 0 Å². The number of hydrogen-bond donors (Lipinski definition) is 1. The van der Waals surface area contributed by atoms with Gasteiger partial charge in [-0.2, -0.15) is 0 Å². The zero-order chi connectivity index (χ0) is 12.3. The Bertz CT molecular complexity index is 378. The van der Waals surface area contributed by atoms with Crippen molar-refractivity contribution in [2.45, 2.75) is 25.8 Å². The third-order valence-electron chi connectivity index (χ3n) is 3.52. The van der Waals surface area contributed by atoms with E-state index in [0.717, 1.165) is 25.1 Å². The molecule has 1 heterocycles. The van der Waals surface area contributed by atoms with E-state index in [-0.39, 0.29) is 5.82 Å². The molecule has 17 heavy (non-hydrogen) atoms. The molecule has 1 aliphatic rings. The fraction of sp³-hybridized carbons (Fsp3) is 0.571. The van der Waals surface area contributed by atoms with Crippen LogP contribution in [0.3, 0.4) is 0 Å². The zero-order valence-electron chi connectivity index (χ0n) is 10.7. The van der Waals surface area contributed by atoms with Crippen molar-refractivity contribution in [2.24, 2.45) is 0 Å². The Labute approximate surface area is 103 Å². The largest absolute Gasteiger partial charge is 0.312 e. The predicted molar refractivity (Wildman–Crippen MR) is 68.7 cm³/mol. The summed E-state index contributed by atoms with van der Waals surface area (Å²) >= 11 is 0. The number of rotatable bonds is 4. The van der Waals surface area contributed by atoms with Crippen LogP contribution in [0, 0.1) is 12.7 Å². The van der Waals surface area contributed by atoms with Gasteiger partial charge in [0, 0.05) is 12.6 Å². The normalized spacial score (nSPS) is 21.0. The smallest absolute Gasteiger partial charge is 0.123 e. The van der Waals surface area contributed by atoms with E-state index >= 15 is 0 Å². The van der Waals surface area contributed by atoms with Crippen LogP contribution in [0.2, 0.25) is 0 Å². The summed E-state index contributed by atoms with van der Waals surface area (Å²) in [6.45, 7) is 5.28. The molecule has 0 aromatic heterocycles. The molecule has 0 amide bonds. The van der Waals surface area contributed by atoms with Gasteiger partial charge in [0.15, 0.2) is 0 Å². The van der Waals surface area contributed by atoms with E-state index < -0.39 is 0 Å². The number of benzene rings is 1. The van der Waals surface area contributed by atoms with Crippen molar-refractivity contribution in [3.05, 3.63) is 35.1 Å². The van der Waals surface area contributed by atoms with Crippen LogP contribution in [0.1, 0.15) is 17.5 Å². The minimum absolute atomic E-state index is 0.142. The first-order valence-electron chi connectivity index (χ1n) is 6.32. The van der Waals surface area contributed by atoms with Crippen LogP contribution >= 0.6 is 0 Å². The van der Waals surface area contributed by atoms with Gasteiger partial charge >= 0.3 is 0 Å². The molecule has 0 radical (unpaired) electrons. The number of nitrogens with one attached hydrogen (secondary N) is 1. The van der Waals surface area contributed by atoms with E-state index in [4.69, 9.17) is 0 Å². The standard InChI is InChI=1S/C14H21FN2/c1-11-9-13(15)4-3-12(11)5-7-16-14-6-8-17(2)10-14/h3-4,9,14,16H,5-8,10H2,1-2H3. The van der Waals surface area contributed by atoms with Crippen LogP contribution in [-0.2, 0) is 6.42 Å². The number of nitrogens with zero attached hydrogens (tertiary/aromatic N) is 1. The molecule has 1 aliphatic heterocycles. The molecule has 0 spiro atoms. The first-order valence-corrected chi connectivity index (χ1v) is 6.32. The maximum absolute atomic E-state index is 12.9. The van der Waals surface area contributed by atoms with E-state index in [1.807, 2.05) is 13.0 Å². The van der Waals surface area contributed by atoms with Crippen LogP contribution in [0.4, 0.5) is 4.39 Å². The Kier molecular flexibility index (Phi) is 4.13. The van der Waals surface area contributed by atoms with E-state index in [0.29, 0.717) is 6.04 Å².